The van der Waals surface area contributed by atoms with Crippen LogP contribution in [0.4, 0.5) is 0 Å². The highest BCUT2D eigenvalue weighted by Gasteiger charge is 2.13. The molecule has 168 valence electrons. The molecule has 3 aromatic heterocycles. The smallest absolute Gasteiger partial charge is 0.230 e. The summed E-state index contributed by atoms with van der Waals surface area (Å²) in [5, 5.41) is 13.2. The number of hydrogen-bond acceptors (Lipinski definition) is 8. The summed E-state index contributed by atoms with van der Waals surface area (Å²) in [7, 11) is 1.64. The van der Waals surface area contributed by atoms with Crippen LogP contribution in [0.1, 0.15) is 11.3 Å². The Bertz CT molecular complexity index is 1200. The summed E-state index contributed by atoms with van der Waals surface area (Å²) in [5.74, 6) is 1.09. The molecule has 9 heteroatoms. The molecule has 0 fully saturated rings. The van der Waals surface area contributed by atoms with Gasteiger partial charge in [-0.1, -0.05) is 23.9 Å². The van der Waals surface area contributed by atoms with E-state index in [2.05, 4.69) is 25.5 Å². The van der Waals surface area contributed by atoms with E-state index >= 15 is 0 Å². The van der Waals surface area contributed by atoms with E-state index in [9.17, 15) is 4.79 Å². The number of nitrogens with zero attached hydrogens (tertiary/aromatic N) is 4. The van der Waals surface area contributed by atoms with Crippen molar-refractivity contribution in [1.82, 2.24) is 25.5 Å². The first-order valence-corrected chi connectivity index (χ1v) is 12.2. The molecule has 0 radical (unpaired) electrons. The van der Waals surface area contributed by atoms with Crippen LogP contribution >= 0.6 is 23.1 Å². The molecule has 0 saturated carbocycles. The first-order chi connectivity index (χ1) is 16.1. The lowest BCUT2D eigenvalue weighted by Gasteiger charge is -2.06. The van der Waals surface area contributed by atoms with E-state index in [1.54, 1.807) is 30.8 Å². The molecule has 1 N–H and O–H groups in total. The maximum absolute atomic E-state index is 12.2. The van der Waals surface area contributed by atoms with E-state index in [-0.39, 0.29) is 5.91 Å². The van der Waals surface area contributed by atoms with Crippen LogP contribution < -0.4 is 10.1 Å². The van der Waals surface area contributed by atoms with Crippen LogP contribution in [-0.4, -0.2) is 45.5 Å². The summed E-state index contributed by atoms with van der Waals surface area (Å²) >= 11 is 2.93. The molecule has 0 saturated heterocycles. The molecule has 1 aromatic carbocycles. The summed E-state index contributed by atoms with van der Waals surface area (Å²) in [4.78, 5) is 21.9. The molecule has 33 heavy (non-hydrogen) atoms. The zero-order chi connectivity index (χ0) is 23.0. The van der Waals surface area contributed by atoms with Crippen molar-refractivity contribution in [1.29, 1.82) is 0 Å². The number of aryl methyl sites for hydroxylation is 1. The molecule has 0 aliphatic heterocycles. The lowest BCUT2D eigenvalue weighted by atomic mass is 10.1. The van der Waals surface area contributed by atoms with E-state index in [0.29, 0.717) is 17.3 Å². The Morgan fingerprint density at radius 3 is 2.67 bits per heavy atom. The monoisotopic (exact) mass is 477 g/mol. The molecular weight excluding hydrogens is 454 g/mol. The van der Waals surface area contributed by atoms with Crippen molar-refractivity contribution in [2.75, 3.05) is 19.4 Å². The van der Waals surface area contributed by atoms with Gasteiger partial charge in [0.2, 0.25) is 5.91 Å². The van der Waals surface area contributed by atoms with Crippen LogP contribution in [0.2, 0.25) is 0 Å². The van der Waals surface area contributed by atoms with E-state index < -0.39 is 0 Å². The standard InChI is InChI=1S/C24H23N5O2S2/c1-16-23(33-24(27-16)18-4-3-12-25-14-18)20-9-10-22(29-28-20)32-15-21(30)26-13-11-17-5-7-19(31-2)8-6-17/h3-10,12,14H,11,13,15H2,1-2H3,(H,26,30). The Morgan fingerprint density at radius 1 is 1.12 bits per heavy atom. The van der Waals surface area contributed by atoms with Crippen molar-refractivity contribution in [3.63, 3.8) is 0 Å². The van der Waals surface area contributed by atoms with Gasteiger partial charge in [-0.15, -0.1) is 21.5 Å². The third-order valence-electron chi connectivity index (χ3n) is 4.82. The first kappa shape index (κ1) is 22.9. The van der Waals surface area contributed by atoms with Gasteiger partial charge in [0, 0.05) is 24.5 Å². The lowest BCUT2D eigenvalue weighted by Crippen LogP contribution is -2.27. The minimum Gasteiger partial charge on any atom is -0.497 e. The Balaban J connectivity index is 1.27. The molecule has 1 amide bonds. The zero-order valence-corrected chi connectivity index (χ0v) is 19.9. The number of amides is 1. The van der Waals surface area contributed by atoms with Gasteiger partial charge in [0.1, 0.15) is 21.5 Å². The SMILES string of the molecule is COc1ccc(CCNC(=O)CSc2ccc(-c3sc(-c4cccnc4)nc3C)nn2)cc1. The minimum atomic E-state index is -0.0289. The number of pyridine rings is 1. The Labute approximate surface area is 200 Å². The number of rotatable bonds is 9. The number of thioether (sulfide) groups is 1. The third kappa shape index (κ3) is 6.15. The van der Waals surface area contributed by atoms with Gasteiger partial charge in [-0.2, -0.15) is 0 Å². The topological polar surface area (TPSA) is 89.9 Å². The predicted molar refractivity (Wildman–Crippen MR) is 132 cm³/mol. The van der Waals surface area contributed by atoms with Gasteiger partial charge >= 0.3 is 0 Å². The Morgan fingerprint density at radius 2 is 1.97 bits per heavy atom. The number of thiazole rings is 1. The molecule has 7 nitrogen and oxygen atoms in total. The summed E-state index contributed by atoms with van der Waals surface area (Å²) in [5.41, 5.74) is 3.81. The molecule has 0 aliphatic carbocycles. The van der Waals surface area contributed by atoms with Gasteiger partial charge in [-0.3, -0.25) is 9.78 Å². The van der Waals surface area contributed by atoms with Crippen molar-refractivity contribution in [3.8, 4) is 26.9 Å². The number of carbonyl (C=O) groups is 1. The zero-order valence-electron chi connectivity index (χ0n) is 18.3. The van der Waals surface area contributed by atoms with E-state index in [1.165, 1.54) is 11.8 Å². The molecule has 0 bridgehead atoms. The molecule has 4 rings (SSSR count). The predicted octanol–water partition coefficient (Wildman–Crippen LogP) is 4.43. The van der Waals surface area contributed by atoms with Gasteiger partial charge in [0.05, 0.1) is 23.4 Å². The highest BCUT2D eigenvalue weighted by atomic mass is 32.2. The number of ether oxygens (including phenoxy) is 1. The van der Waals surface area contributed by atoms with E-state index in [0.717, 1.165) is 44.6 Å². The Hall–Kier alpha value is -3.30. The lowest BCUT2D eigenvalue weighted by molar-refractivity contribution is -0.118. The fourth-order valence-electron chi connectivity index (χ4n) is 3.09. The molecule has 0 unspecified atom stereocenters. The molecule has 4 aromatic rings. The molecule has 3 heterocycles. The van der Waals surface area contributed by atoms with Gasteiger partial charge in [0.15, 0.2) is 0 Å². The van der Waals surface area contributed by atoms with Gasteiger partial charge in [0.25, 0.3) is 0 Å². The first-order valence-electron chi connectivity index (χ1n) is 10.4. The molecule has 0 atom stereocenters. The van der Waals surface area contributed by atoms with Crippen LogP contribution in [0.15, 0.2) is 66.0 Å². The molecular formula is C24H23N5O2S2. The second kappa shape index (κ2) is 11.0. The van der Waals surface area contributed by atoms with Crippen LogP contribution in [0.25, 0.3) is 21.1 Å². The summed E-state index contributed by atoms with van der Waals surface area (Å²) < 4.78 is 5.16. The number of benzene rings is 1. The van der Waals surface area contributed by atoms with Crippen molar-refractivity contribution >= 4 is 29.0 Å². The molecule has 0 spiro atoms. The fourth-order valence-corrected chi connectivity index (χ4v) is 4.76. The van der Waals surface area contributed by atoms with Crippen LogP contribution in [0, 0.1) is 6.92 Å². The van der Waals surface area contributed by atoms with Gasteiger partial charge < -0.3 is 10.1 Å². The van der Waals surface area contributed by atoms with Crippen LogP contribution in [0.3, 0.4) is 0 Å². The average molecular weight is 478 g/mol. The van der Waals surface area contributed by atoms with Crippen molar-refractivity contribution in [3.05, 3.63) is 72.2 Å². The highest BCUT2D eigenvalue weighted by Crippen LogP contribution is 2.34. The highest BCUT2D eigenvalue weighted by molar-refractivity contribution is 7.99. The molecule has 0 aliphatic rings. The van der Waals surface area contributed by atoms with Gasteiger partial charge in [-0.25, -0.2) is 4.98 Å². The third-order valence-corrected chi connectivity index (χ3v) is 6.97. The fraction of sp³-hybridized carbons (Fsp3) is 0.208. The second-order valence-electron chi connectivity index (χ2n) is 7.17. The van der Waals surface area contributed by atoms with Crippen molar-refractivity contribution in [2.45, 2.75) is 18.4 Å². The van der Waals surface area contributed by atoms with Crippen LogP contribution in [-0.2, 0) is 11.2 Å². The van der Waals surface area contributed by atoms with E-state index in [1.807, 2.05) is 55.5 Å². The minimum absolute atomic E-state index is 0.0289. The van der Waals surface area contributed by atoms with Crippen molar-refractivity contribution in [2.24, 2.45) is 0 Å². The maximum atomic E-state index is 12.2. The quantitative estimate of drug-likeness (QED) is 0.357. The normalized spacial score (nSPS) is 10.7. The second-order valence-corrected chi connectivity index (χ2v) is 9.16. The summed E-state index contributed by atoms with van der Waals surface area (Å²) in [6.07, 6.45) is 4.31. The van der Waals surface area contributed by atoms with E-state index in [4.69, 9.17) is 4.74 Å². The number of hydrogen-bond donors (Lipinski definition) is 1. The maximum Gasteiger partial charge on any atom is 0.230 e. The number of methoxy groups -OCH3 is 1. The average Bonchev–Trinajstić information content (AvgIpc) is 3.25. The Kier molecular flexibility index (Phi) is 7.64. The number of aromatic nitrogens is 4. The van der Waals surface area contributed by atoms with Crippen molar-refractivity contribution < 1.29 is 9.53 Å². The number of carbonyl (C=O) groups excluding carboxylic acids is 1. The summed E-state index contributed by atoms with van der Waals surface area (Å²) in [6, 6.07) is 15.5. The largest absolute Gasteiger partial charge is 0.497 e. The number of nitrogens with one attached hydrogen (secondary N) is 1. The van der Waals surface area contributed by atoms with Crippen LogP contribution in [0.5, 0.6) is 5.75 Å². The van der Waals surface area contributed by atoms with Gasteiger partial charge in [-0.05, 0) is 55.3 Å². The summed E-state index contributed by atoms with van der Waals surface area (Å²) in [6.45, 7) is 2.55.